The normalized spacial score (nSPS) is 10.6. The van der Waals surface area contributed by atoms with E-state index in [0.717, 1.165) is 5.56 Å². The van der Waals surface area contributed by atoms with E-state index >= 15 is 0 Å². The van der Waals surface area contributed by atoms with Gasteiger partial charge in [-0.1, -0.05) is 18.2 Å². The number of nitriles is 1. The number of hydrogen-bond donors (Lipinski definition) is 3. The van der Waals surface area contributed by atoms with Crippen molar-refractivity contribution in [2.75, 3.05) is 17.7 Å². The van der Waals surface area contributed by atoms with Crippen molar-refractivity contribution in [3.8, 4) is 11.8 Å². The molecule has 2 aromatic carbocycles. The lowest BCUT2D eigenvalue weighted by atomic mass is 10.1. The third kappa shape index (κ3) is 4.39. The molecule has 4 N–H and O–H groups in total. The average Bonchev–Trinajstić information content (AvgIpc) is 2.62. The van der Waals surface area contributed by atoms with Crippen LogP contribution in [0.3, 0.4) is 0 Å². The second-order valence-corrected chi connectivity index (χ2v) is 5.38. The predicted octanol–water partition coefficient (Wildman–Crippen LogP) is 2.56. The average molecular weight is 350 g/mol. The summed E-state index contributed by atoms with van der Waals surface area (Å²) in [4.78, 5) is 23.8. The summed E-state index contributed by atoms with van der Waals surface area (Å²) in [7, 11) is 1.49. The summed E-state index contributed by atoms with van der Waals surface area (Å²) in [5.74, 6) is -0.748. The summed E-state index contributed by atoms with van der Waals surface area (Å²) in [6.45, 7) is 1.87. The largest absolute Gasteiger partial charge is 0.495 e. The lowest BCUT2D eigenvalue weighted by Crippen LogP contribution is -2.16. The number of amides is 2. The summed E-state index contributed by atoms with van der Waals surface area (Å²) >= 11 is 0. The van der Waals surface area contributed by atoms with Crippen molar-refractivity contribution in [1.82, 2.24) is 0 Å². The molecule has 0 saturated heterocycles. The number of anilines is 2. The number of hydrogen-bond acceptors (Lipinski definition) is 5. The molecule has 132 valence electrons. The third-order valence-corrected chi connectivity index (χ3v) is 3.53. The minimum atomic E-state index is -0.617. The van der Waals surface area contributed by atoms with Crippen LogP contribution in [0.1, 0.15) is 15.9 Å². The Balaban J connectivity index is 2.22. The van der Waals surface area contributed by atoms with Gasteiger partial charge in [0.1, 0.15) is 17.4 Å². The fourth-order valence-electron chi connectivity index (χ4n) is 2.23. The second-order valence-electron chi connectivity index (χ2n) is 5.38. The first kappa shape index (κ1) is 18.5. The molecule has 0 unspecified atom stereocenters. The molecule has 2 aromatic rings. The Kier molecular flexibility index (Phi) is 5.96. The van der Waals surface area contributed by atoms with Gasteiger partial charge in [-0.15, -0.1) is 0 Å². The van der Waals surface area contributed by atoms with Crippen molar-refractivity contribution in [1.29, 1.82) is 5.26 Å². The van der Waals surface area contributed by atoms with E-state index < -0.39 is 11.8 Å². The lowest BCUT2D eigenvalue weighted by Gasteiger charge is -2.11. The van der Waals surface area contributed by atoms with E-state index in [1.54, 1.807) is 36.4 Å². The molecule has 2 amide bonds. The molecule has 0 aromatic heterocycles. The van der Waals surface area contributed by atoms with Crippen LogP contribution in [0.25, 0.3) is 0 Å². The molecule has 0 heterocycles. The molecular weight excluding hydrogens is 332 g/mol. The van der Waals surface area contributed by atoms with Crippen LogP contribution >= 0.6 is 0 Å². The molecule has 26 heavy (non-hydrogen) atoms. The second kappa shape index (κ2) is 8.35. The number of nitrogens with zero attached hydrogens (tertiary/aromatic N) is 1. The molecule has 2 rings (SSSR count). The van der Waals surface area contributed by atoms with Gasteiger partial charge >= 0.3 is 0 Å². The molecule has 7 heteroatoms. The highest BCUT2D eigenvalue weighted by Crippen LogP contribution is 2.25. The number of ether oxygens (including phenoxy) is 1. The van der Waals surface area contributed by atoms with Crippen LogP contribution in [-0.2, 0) is 4.79 Å². The van der Waals surface area contributed by atoms with Crippen LogP contribution < -0.4 is 21.1 Å². The maximum absolute atomic E-state index is 12.4. The molecule has 0 radical (unpaired) electrons. The molecule has 0 atom stereocenters. The summed E-state index contributed by atoms with van der Waals surface area (Å²) in [6.07, 6.45) is 1.22. The zero-order valence-corrected chi connectivity index (χ0v) is 14.4. The maximum Gasteiger partial charge on any atom is 0.267 e. The molecule has 0 fully saturated rings. The molecule has 0 aliphatic rings. The molecule has 0 aliphatic heterocycles. The predicted molar refractivity (Wildman–Crippen MR) is 98.6 cm³/mol. The first-order valence-corrected chi connectivity index (χ1v) is 7.68. The highest BCUT2D eigenvalue weighted by molar-refractivity contribution is 6.07. The van der Waals surface area contributed by atoms with Crippen molar-refractivity contribution >= 4 is 23.2 Å². The SMILES string of the molecule is COc1ccc(C)cc1NC(=O)/C(C#N)=C\Nc1ccccc1C(N)=O. The number of aryl methyl sites for hydroxylation is 1. The van der Waals surface area contributed by atoms with E-state index in [9.17, 15) is 14.9 Å². The van der Waals surface area contributed by atoms with Gasteiger partial charge in [0, 0.05) is 6.20 Å². The monoisotopic (exact) mass is 350 g/mol. The van der Waals surface area contributed by atoms with Crippen LogP contribution in [0.5, 0.6) is 5.75 Å². The van der Waals surface area contributed by atoms with Crippen molar-refractivity contribution in [3.05, 3.63) is 65.4 Å². The number of nitrogens with two attached hydrogens (primary N) is 1. The number of carbonyl (C=O) groups excluding carboxylic acids is 2. The van der Waals surface area contributed by atoms with Gasteiger partial charge in [0.05, 0.1) is 24.0 Å². The van der Waals surface area contributed by atoms with Crippen LogP contribution in [0.2, 0.25) is 0 Å². The number of rotatable bonds is 6. The zero-order valence-electron chi connectivity index (χ0n) is 14.4. The van der Waals surface area contributed by atoms with Gasteiger partial charge in [-0.3, -0.25) is 9.59 Å². The summed E-state index contributed by atoms with van der Waals surface area (Å²) < 4.78 is 5.20. The van der Waals surface area contributed by atoms with E-state index in [0.29, 0.717) is 17.1 Å². The Bertz CT molecular complexity index is 913. The van der Waals surface area contributed by atoms with Gasteiger partial charge in [0.15, 0.2) is 0 Å². The van der Waals surface area contributed by atoms with Crippen LogP contribution in [0, 0.1) is 18.3 Å². The Morgan fingerprint density at radius 3 is 2.58 bits per heavy atom. The van der Waals surface area contributed by atoms with Gasteiger partial charge in [-0.05, 0) is 36.8 Å². The Hall–Kier alpha value is -3.79. The van der Waals surface area contributed by atoms with E-state index in [4.69, 9.17) is 10.5 Å². The van der Waals surface area contributed by atoms with Gasteiger partial charge in [0.25, 0.3) is 11.8 Å². The first-order chi connectivity index (χ1) is 12.5. The third-order valence-electron chi connectivity index (χ3n) is 3.53. The van der Waals surface area contributed by atoms with Crippen molar-refractivity contribution in [2.24, 2.45) is 5.73 Å². The Morgan fingerprint density at radius 1 is 1.19 bits per heavy atom. The lowest BCUT2D eigenvalue weighted by molar-refractivity contribution is -0.112. The van der Waals surface area contributed by atoms with Gasteiger partial charge in [-0.2, -0.15) is 5.26 Å². The highest BCUT2D eigenvalue weighted by atomic mass is 16.5. The number of methoxy groups -OCH3 is 1. The molecular formula is C19H18N4O3. The summed E-state index contributed by atoms with van der Waals surface area (Å²) in [5.41, 5.74) is 7.16. The fraction of sp³-hybridized carbons (Fsp3) is 0.105. The quantitative estimate of drug-likeness (QED) is 0.547. The van der Waals surface area contributed by atoms with E-state index in [1.165, 1.54) is 13.3 Å². The first-order valence-electron chi connectivity index (χ1n) is 7.68. The van der Waals surface area contributed by atoms with Gasteiger partial charge in [0.2, 0.25) is 0 Å². The smallest absolute Gasteiger partial charge is 0.267 e. The van der Waals surface area contributed by atoms with Crippen LogP contribution in [0.4, 0.5) is 11.4 Å². The van der Waals surface area contributed by atoms with E-state index in [1.807, 2.05) is 19.1 Å². The van der Waals surface area contributed by atoms with Gasteiger partial charge in [-0.25, -0.2) is 0 Å². The number of primary amides is 1. The van der Waals surface area contributed by atoms with E-state index in [2.05, 4.69) is 10.6 Å². The molecule has 0 saturated carbocycles. The van der Waals surface area contributed by atoms with Crippen molar-refractivity contribution in [3.63, 3.8) is 0 Å². The number of benzene rings is 2. The topological polar surface area (TPSA) is 117 Å². The number of carbonyl (C=O) groups is 2. The number of para-hydroxylation sites is 1. The standard InChI is InChI=1S/C19H18N4O3/c1-12-7-8-17(26-2)16(9-12)23-19(25)13(10-20)11-22-15-6-4-3-5-14(15)18(21)24/h3-9,11,22H,1-2H3,(H2,21,24)(H,23,25)/b13-11-. The molecule has 0 bridgehead atoms. The summed E-state index contributed by atoms with van der Waals surface area (Å²) in [6, 6.07) is 13.7. The van der Waals surface area contributed by atoms with Crippen LogP contribution in [0.15, 0.2) is 54.2 Å². The van der Waals surface area contributed by atoms with Crippen molar-refractivity contribution < 1.29 is 14.3 Å². The fourth-order valence-corrected chi connectivity index (χ4v) is 2.23. The Labute approximate surface area is 151 Å². The van der Waals surface area contributed by atoms with Gasteiger partial charge < -0.3 is 21.1 Å². The minimum Gasteiger partial charge on any atom is -0.495 e. The Morgan fingerprint density at radius 2 is 1.92 bits per heavy atom. The zero-order chi connectivity index (χ0) is 19.1. The van der Waals surface area contributed by atoms with Crippen molar-refractivity contribution in [2.45, 2.75) is 6.92 Å². The molecule has 7 nitrogen and oxygen atoms in total. The molecule has 0 aliphatic carbocycles. The maximum atomic E-state index is 12.4. The minimum absolute atomic E-state index is 0.173. The summed E-state index contributed by atoms with van der Waals surface area (Å²) in [5, 5.41) is 14.7. The van der Waals surface area contributed by atoms with E-state index in [-0.39, 0.29) is 11.1 Å². The molecule has 0 spiro atoms. The highest BCUT2D eigenvalue weighted by Gasteiger charge is 2.13. The number of nitrogens with one attached hydrogen (secondary N) is 2. The van der Waals surface area contributed by atoms with Crippen LogP contribution in [-0.4, -0.2) is 18.9 Å².